The normalized spacial score (nSPS) is 11.6. The van der Waals surface area contributed by atoms with E-state index < -0.39 is 0 Å². The van der Waals surface area contributed by atoms with Crippen LogP contribution in [0, 0.1) is 0 Å². The van der Waals surface area contributed by atoms with Gasteiger partial charge in [-0.3, -0.25) is 9.67 Å². The number of nitrogens with two attached hydrogens (primary N) is 1. The molecule has 0 spiro atoms. The lowest BCUT2D eigenvalue weighted by molar-refractivity contribution is 0.624. The largest absolute Gasteiger partial charge is 0.383 e. The van der Waals surface area contributed by atoms with Crippen LogP contribution in [0.5, 0.6) is 0 Å². The Bertz CT molecular complexity index is 737. The van der Waals surface area contributed by atoms with Crippen LogP contribution in [0.2, 0.25) is 0 Å². The van der Waals surface area contributed by atoms with Gasteiger partial charge in [-0.05, 0) is 19.9 Å². The summed E-state index contributed by atoms with van der Waals surface area (Å²) in [5.41, 5.74) is 8.84. The van der Waals surface area contributed by atoms with E-state index in [0.29, 0.717) is 5.82 Å². The molecule has 3 aromatic rings. The van der Waals surface area contributed by atoms with Crippen LogP contribution in [-0.4, -0.2) is 24.3 Å². The van der Waals surface area contributed by atoms with Crippen molar-refractivity contribution in [3.63, 3.8) is 0 Å². The van der Waals surface area contributed by atoms with Gasteiger partial charge < -0.3 is 10.3 Å². The number of imidazole rings is 1. The molecule has 0 fully saturated rings. The van der Waals surface area contributed by atoms with Gasteiger partial charge in [0.1, 0.15) is 17.2 Å². The summed E-state index contributed by atoms with van der Waals surface area (Å²) in [7, 11) is 1.82. The molecule has 3 aromatic heterocycles. The highest BCUT2D eigenvalue weighted by atomic mass is 15.3. The Morgan fingerprint density at radius 3 is 2.68 bits per heavy atom. The molecule has 3 rings (SSSR count). The molecule has 0 aliphatic rings. The van der Waals surface area contributed by atoms with E-state index >= 15 is 0 Å². The van der Waals surface area contributed by atoms with Crippen molar-refractivity contribution in [2.75, 3.05) is 5.73 Å². The van der Waals surface area contributed by atoms with Gasteiger partial charge in [0.05, 0.1) is 23.5 Å². The summed E-state index contributed by atoms with van der Waals surface area (Å²) in [6.07, 6.45) is 5.30. The lowest BCUT2D eigenvalue weighted by atomic mass is 10.2. The molecular formula is C13H16N6. The van der Waals surface area contributed by atoms with Gasteiger partial charge in [-0.25, -0.2) is 4.98 Å². The summed E-state index contributed by atoms with van der Waals surface area (Å²) >= 11 is 0. The van der Waals surface area contributed by atoms with Gasteiger partial charge in [-0.2, -0.15) is 5.10 Å². The van der Waals surface area contributed by atoms with Crippen LogP contribution in [0.3, 0.4) is 0 Å². The maximum Gasteiger partial charge on any atom is 0.146 e. The molecule has 0 radical (unpaired) electrons. The Hall–Kier alpha value is -2.37. The number of fused-ring (bicyclic) bond motifs is 1. The van der Waals surface area contributed by atoms with Crippen molar-refractivity contribution >= 4 is 16.9 Å². The molecule has 0 amide bonds. The SMILES string of the molecule is CC(C)n1c(-c2cnn(C)c2N)nc2cnccc21. The van der Waals surface area contributed by atoms with Crippen molar-refractivity contribution in [3.05, 3.63) is 24.7 Å². The molecule has 0 unspecified atom stereocenters. The lowest BCUT2D eigenvalue weighted by Crippen LogP contribution is -2.04. The highest BCUT2D eigenvalue weighted by Crippen LogP contribution is 2.30. The first-order valence-electron chi connectivity index (χ1n) is 6.19. The van der Waals surface area contributed by atoms with Crippen molar-refractivity contribution in [2.45, 2.75) is 19.9 Å². The van der Waals surface area contributed by atoms with Crippen molar-refractivity contribution in [3.8, 4) is 11.4 Å². The van der Waals surface area contributed by atoms with Crippen LogP contribution in [0.25, 0.3) is 22.4 Å². The Morgan fingerprint density at radius 1 is 1.26 bits per heavy atom. The van der Waals surface area contributed by atoms with Crippen LogP contribution in [0.4, 0.5) is 5.82 Å². The average Bonchev–Trinajstić information content (AvgIpc) is 2.91. The lowest BCUT2D eigenvalue weighted by Gasteiger charge is -2.12. The minimum absolute atomic E-state index is 0.280. The summed E-state index contributed by atoms with van der Waals surface area (Å²) in [5, 5.41) is 4.19. The molecule has 0 saturated heterocycles. The second-order valence-electron chi connectivity index (χ2n) is 4.83. The van der Waals surface area contributed by atoms with Crippen molar-refractivity contribution in [1.29, 1.82) is 0 Å². The van der Waals surface area contributed by atoms with Crippen LogP contribution in [0.1, 0.15) is 19.9 Å². The van der Waals surface area contributed by atoms with Crippen LogP contribution >= 0.6 is 0 Å². The molecule has 0 atom stereocenters. The van der Waals surface area contributed by atoms with Crippen LogP contribution < -0.4 is 5.73 Å². The Balaban J connectivity index is 2.34. The number of nitrogens with zero attached hydrogens (tertiary/aromatic N) is 5. The molecular weight excluding hydrogens is 240 g/mol. The second kappa shape index (κ2) is 4.08. The number of nitrogen functional groups attached to an aromatic ring is 1. The van der Waals surface area contributed by atoms with Gasteiger partial charge in [0.2, 0.25) is 0 Å². The van der Waals surface area contributed by atoms with E-state index in [1.54, 1.807) is 23.3 Å². The molecule has 19 heavy (non-hydrogen) atoms. The predicted octanol–water partition coefficient (Wildman–Crippen LogP) is 1.99. The molecule has 6 nitrogen and oxygen atoms in total. The van der Waals surface area contributed by atoms with Crippen molar-refractivity contribution < 1.29 is 0 Å². The Kier molecular flexibility index (Phi) is 2.51. The van der Waals surface area contributed by atoms with Gasteiger partial charge in [0.25, 0.3) is 0 Å². The molecule has 0 aliphatic heterocycles. The van der Waals surface area contributed by atoms with E-state index in [-0.39, 0.29) is 6.04 Å². The molecule has 0 aliphatic carbocycles. The van der Waals surface area contributed by atoms with Crippen molar-refractivity contribution in [1.82, 2.24) is 24.3 Å². The average molecular weight is 256 g/mol. The first kappa shape index (κ1) is 11.7. The summed E-state index contributed by atoms with van der Waals surface area (Å²) in [6, 6.07) is 2.25. The van der Waals surface area contributed by atoms with E-state index in [2.05, 4.69) is 33.5 Å². The fourth-order valence-corrected chi connectivity index (χ4v) is 2.28. The fourth-order valence-electron chi connectivity index (χ4n) is 2.28. The Labute approximate surface area is 110 Å². The van der Waals surface area contributed by atoms with Gasteiger partial charge in [0, 0.05) is 19.3 Å². The van der Waals surface area contributed by atoms with Gasteiger partial charge >= 0.3 is 0 Å². The van der Waals surface area contributed by atoms with Crippen molar-refractivity contribution in [2.24, 2.45) is 7.05 Å². The first-order valence-corrected chi connectivity index (χ1v) is 6.19. The summed E-state index contributed by atoms with van der Waals surface area (Å²) in [4.78, 5) is 8.77. The van der Waals surface area contributed by atoms with E-state index in [1.165, 1.54) is 0 Å². The van der Waals surface area contributed by atoms with E-state index in [4.69, 9.17) is 5.73 Å². The third kappa shape index (κ3) is 1.68. The minimum Gasteiger partial charge on any atom is -0.383 e. The maximum absolute atomic E-state index is 6.06. The maximum atomic E-state index is 6.06. The Morgan fingerprint density at radius 2 is 2.05 bits per heavy atom. The number of aryl methyl sites for hydroxylation is 1. The molecule has 0 aromatic carbocycles. The summed E-state index contributed by atoms with van der Waals surface area (Å²) < 4.78 is 3.81. The summed E-state index contributed by atoms with van der Waals surface area (Å²) in [5.74, 6) is 1.45. The zero-order valence-electron chi connectivity index (χ0n) is 11.2. The fraction of sp³-hybridized carbons (Fsp3) is 0.308. The van der Waals surface area contributed by atoms with E-state index in [9.17, 15) is 0 Å². The predicted molar refractivity (Wildman–Crippen MR) is 74.5 cm³/mol. The minimum atomic E-state index is 0.280. The molecule has 0 saturated carbocycles. The smallest absolute Gasteiger partial charge is 0.146 e. The zero-order chi connectivity index (χ0) is 13.6. The molecule has 3 heterocycles. The van der Waals surface area contributed by atoms with Crippen LogP contribution in [-0.2, 0) is 7.05 Å². The molecule has 98 valence electrons. The zero-order valence-corrected chi connectivity index (χ0v) is 11.2. The summed E-state index contributed by atoms with van der Waals surface area (Å²) in [6.45, 7) is 4.25. The number of hydrogen-bond acceptors (Lipinski definition) is 4. The number of rotatable bonds is 2. The topological polar surface area (TPSA) is 74.5 Å². The third-order valence-electron chi connectivity index (χ3n) is 3.23. The highest BCUT2D eigenvalue weighted by molar-refractivity contribution is 5.82. The third-order valence-corrected chi connectivity index (χ3v) is 3.23. The van der Waals surface area contributed by atoms with Crippen LogP contribution in [0.15, 0.2) is 24.7 Å². The van der Waals surface area contributed by atoms with E-state index in [0.717, 1.165) is 22.4 Å². The molecule has 6 heteroatoms. The van der Waals surface area contributed by atoms with Gasteiger partial charge in [0.15, 0.2) is 0 Å². The van der Waals surface area contributed by atoms with E-state index in [1.807, 2.05) is 13.1 Å². The quantitative estimate of drug-likeness (QED) is 0.761. The number of pyridine rings is 1. The second-order valence-corrected chi connectivity index (χ2v) is 4.83. The molecule has 2 N–H and O–H groups in total. The monoisotopic (exact) mass is 256 g/mol. The van der Waals surface area contributed by atoms with Gasteiger partial charge in [-0.15, -0.1) is 0 Å². The number of anilines is 1. The van der Waals surface area contributed by atoms with Gasteiger partial charge in [-0.1, -0.05) is 0 Å². The highest BCUT2D eigenvalue weighted by Gasteiger charge is 2.18. The number of hydrogen-bond donors (Lipinski definition) is 1. The first-order chi connectivity index (χ1) is 9.09. The number of aromatic nitrogens is 5. The molecule has 0 bridgehead atoms. The standard InChI is InChI=1S/C13H16N6/c1-8(2)19-11-4-5-15-7-10(11)17-13(19)9-6-16-18(3)12(9)14/h4-8H,14H2,1-3H3.